The van der Waals surface area contributed by atoms with E-state index in [4.69, 9.17) is 0 Å². The molecule has 2 rings (SSSR count). The lowest BCUT2D eigenvalue weighted by atomic mass is 10.0. The van der Waals surface area contributed by atoms with Crippen molar-refractivity contribution in [2.45, 2.75) is 6.04 Å². The van der Waals surface area contributed by atoms with Crippen LogP contribution < -0.4 is 5.32 Å². The smallest absolute Gasteiger partial charge is 0.325 e. The van der Waals surface area contributed by atoms with Crippen molar-refractivity contribution < 1.29 is 9.90 Å². The Labute approximate surface area is 109 Å². The quantitative estimate of drug-likeness (QED) is 0.888. The zero-order valence-corrected chi connectivity index (χ0v) is 11.0. The van der Waals surface area contributed by atoms with Gasteiger partial charge in [0.1, 0.15) is 6.04 Å². The Morgan fingerprint density at radius 1 is 1.35 bits per heavy atom. The molecule has 1 heterocycles. The van der Waals surface area contributed by atoms with Crippen LogP contribution in [0.5, 0.6) is 0 Å². The zero-order valence-electron chi connectivity index (χ0n) is 9.40. The molecule has 4 nitrogen and oxygen atoms in total. The molecule has 17 heavy (non-hydrogen) atoms. The van der Waals surface area contributed by atoms with Gasteiger partial charge in [-0.15, -0.1) is 0 Å². The fourth-order valence-corrected chi connectivity index (χ4v) is 2.62. The number of rotatable bonds is 3. The molecule has 0 saturated carbocycles. The van der Waals surface area contributed by atoms with Crippen molar-refractivity contribution in [3.05, 3.63) is 34.3 Å². The molecule has 1 aliphatic heterocycles. The summed E-state index contributed by atoms with van der Waals surface area (Å²) >= 11 is 3.43. The minimum absolute atomic E-state index is 0.562. The van der Waals surface area contributed by atoms with Crippen molar-refractivity contribution in [2.75, 3.05) is 26.2 Å². The van der Waals surface area contributed by atoms with Crippen molar-refractivity contribution in [2.24, 2.45) is 0 Å². The van der Waals surface area contributed by atoms with E-state index < -0.39 is 12.0 Å². The number of halogens is 1. The number of carboxylic acid groups (broad SMARTS) is 1. The van der Waals surface area contributed by atoms with E-state index in [0.29, 0.717) is 0 Å². The molecule has 0 aromatic heterocycles. The molecule has 1 aromatic rings. The maximum atomic E-state index is 11.5. The van der Waals surface area contributed by atoms with Crippen LogP contribution in [0.2, 0.25) is 0 Å². The highest BCUT2D eigenvalue weighted by Gasteiger charge is 2.29. The minimum Gasteiger partial charge on any atom is -0.480 e. The standard InChI is InChI=1S/C12H15BrN2O2/c13-10-4-2-1-3-9(10)11(12(16)17)15-7-5-14-6-8-15/h1-4,11,14H,5-8H2,(H,16,17). The molecule has 0 spiro atoms. The van der Waals surface area contributed by atoms with Crippen molar-refractivity contribution >= 4 is 21.9 Å². The van der Waals surface area contributed by atoms with Gasteiger partial charge in [-0.3, -0.25) is 9.69 Å². The lowest BCUT2D eigenvalue weighted by molar-refractivity contribution is -0.143. The van der Waals surface area contributed by atoms with E-state index in [-0.39, 0.29) is 0 Å². The van der Waals surface area contributed by atoms with Gasteiger partial charge in [-0.1, -0.05) is 34.1 Å². The maximum Gasteiger partial charge on any atom is 0.325 e. The molecule has 1 atom stereocenters. The molecule has 0 aliphatic carbocycles. The SMILES string of the molecule is O=C(O)C(c1ccccc1Br)N1CCNCC1. The summed E-state index contributed by atoms with van der Waals surface area (Å²) in [4.78, 5) is 13.5. The largest absolute Gasteiger partial charge is 0.480 e. The maximum absolute atomic E-state index is 11.5. The number of hydrogen-bond donors (Lipinski definition) is 2. The summed E-state index contributed by atoms with van der Waals surface area (Å²) in [7, 11) is 0. The first kappa shape index (κ1) is 12.5. The Morgan fingerprint density at radius 2 is 2.00 bits per heavy atom. The monoisotopic (exact) mass is 298 g/mol. The molecule has 0 bridgehead atoms. The lowest BCUT2D eigenvalue weighted by Crippen LogP contribution is -2.47. The molecule has 0 radical (unpaired) electrons. The average Bonchev–Trinajstić information content (AvgIpc) is 2.33. The summed E-state index contributed by atoms with van der Waals surface area (Å²) in [6.45, 7) is 3.21. The van der Waals surface area contributed by atoms with Gasteiger partial charge >= 0.3 is 5.97 Å². The van der Waals surface area contributed by atoms with Gasteiger partial charge in [0.2, 0.25) is 0 Å². The predicted molar refractivity (Wildman–Crippen MR) is 69.0 cm³/mol. The second-order valence-electron chi connectivity index (χ2n) is 4.05. The Hall–Kier alpha value is -0.910. The van der Waals surface area contributed by atoms with Crippen LogP contribution in [0.25, 0.3) is 0 Å². The molecule has 5 heteroatoms. The van der Waals surface area contributed by atoms with Gasteiger partial charge in [-0.2, -0.15) is 0 Å². The molecular weight excluding hydrogens is 284 g/mol. The van der Waals surface area contributed by atoms with Gasteiger partial charge in [-0.25, -0.2) is 0 Å². The lowest BCUT2D eigenvalue weighted by Gasteiger charge is -2.33. The first-order valence-corrected chi connectivity index (χ1v) is 6.41. The number of hydrogen-bond acceptors (Lipinski definition) is 3. The normalized spacial score (nSPS) is 18.9. The summed E-state index contributed by atoms with van der Waals surface area (Å²) in [6.07, 6.45) is 0. The number of carbonyl (C=O) groups is 1. The summed E-state index contributed by atoms with van der Waals surface area (Å²) in [6, 6.07) is 6.95. The van der Waals surface area contributed by atoms with Crippen LogP contribution >= 0.6 is 15.9 Å². The Bertz CT molecular complexity index is 405. The molecular formula is C12H15BrN2O2. The summed E-state index contributed by atoms with van der Waals surface area (Å²) in [5.74, 6) is -0.793. The molecule has 1 aromatic carbocycles. The number of carboxylic acids is 1. The third-order valence-electron chi connectivity index (χ3n) is 2.95. The van der Waals surface area contributed by atoms with Crippen LogP contribution in [0, 0.1) is 0 Å². The van der Waals surface area contributed by atoms with Crippen molar-refractivity contribution in [3.8, 4) is 0 Å². The molecule has 92 valence electrons. The fraction of sp³-hybridized carbons (Fsp3) is 0.417. The van der Waals surface area contributed by atoms with Gasteiger partial charge in [0.25, 0.3) is 0 Å². The van der Waals surface area contributed by atoms with Crippen LogP contribution in [-0.2, 0) is 4.79 Å². The van der Waals surface area contributed by atoms with Crippen LogP contribution in [0.1, 0.15) is 11.6 Å². The van der Waals surface area contributed by atoms with Crippen molar-refractivity contribution in [3.63, 3.8) is 0 Å². The van der Waals surface area contributed by atoms with Crippen molar-refractivity contribution in [1.29, 1.82) is 0 Å². The van der Waals surface area contributed by atoms with Crippen LogP contribution in [0.4, 0.5) is 0 Å². The third kappa shape index (κ3) is 2.86. The van der Waals surface area contributed by atoms with E-state index in [1.165, 1.54) is 0 Å². The second-order valence-corrected chi connectivity index (χ2v) is 4.90. The minimum atomic E-state index is -0.793. The Kier molecular flexibility index (Phi) is 4.15. The number of aliphatic carboxylic acids is 1. The van der Waals surface area contributed by atoms with Crippen LogP contribution in [0.15, 0.2) is 28.7 Å². The molecule has 1 aliphatic rings. The summed E-state index contributed by atoms with van der Waals surface area (Å²) in [5, 5.41) is 12.6. The molecule has 2 N–H and O–H groups in total. The molecule has 1 saturated heterocycles. The van der Waals surface area contributed by atoms with E-state index in [1.807, 2.05) is 29.2 Å². The van der Waals surface area contributed by atoms with Gasteiger partial charge in [0.05, 0.1) is 0 Å². The van der Waals surface area contributed by atoms with E-state index in [9.17, 15) is 9.90 Å². The predicted octanol–water partition coefficient (Wildman–Crippen LogP) is 1.48. The summed E-state index contributed by atoms with van der Waals surface area (Å²) in [5.41, 5.74) is 0.821. The zero-order chi connectivity index (χ0) is 12.3. The number of benzene rings is 1. The average molecular weight is 299 g/mol. The summed E-state index contributed by atoms with van der Waals surface area (Å²) < 4.78 is 0.853. The molecule has 1 unspecified atom stereocenters. The third-order valence-corrected chi connectivity index (χ3v) is 3.67. The first-order chi connectivity index (χ1) is 8.20. The highest BCUT2D eigenvalue weighted by Crippen LogP contribution is 2.28. The molecule has 1 fully saturated rings. The van der Waals surface area contributed by atoms with Gasteiger partial charge in [0, 0.05) is 30.7 Å². The second kappa shape index (κ2) is 5.62. The fourth-order valence-electron chi connectivity index (χ4n) is 2.12. The van der Waals surface area contributed by atoms with Crippen molar-refractivity contribution in [1.82, 2.24) is 10.2 Å². The van der Waals surface area contributed by atoms with Gasteiger partial charge in [0.15, 0.2) is 0 Å². The Balaban J connectivity index is 2.28. The van der Waals surface area contributed by atoms with Gasteiger partial charge in [-0.05, 0) is 11.6 Å². The Morgan fingerprint density at radius 3 is 2.59 bits per heavy atom. The number of piperazine rings is 1. The number of nitrogens with zero attached hydrogens (tertiary/aromatic N) is 1. The van der Waals surface area contributed by atoms with E-state index in [2.05, 4.69) is 21.2 Å². The molecule has 0 amide bonds. The number of nitrogens with one attached hydrogen (secondary N) is 1. The van der Waals surface area contributed by atoms with E-state index >= 15 is 0 Å². The van der Waals surface area contributed by atoms with E-state index in [0.717, 1.165) is 36.2 Å². The topological polar surface area (TPSA) is 52.6 Å². The van der Waals surface area contributed by atoms with Gasteiger partial charge < -0.3 is 10.4 Å². The first-order valence-electron chi connectivity index (χ1n) is 5.62. The van der Waals surface area contributed by atoms with Crippen LogP contribution in [-0.4, -0.2) is 42.2 Å². The highest BCUT2D eigenvalue weighted by molar-refractivity contribution is 9.10. The van der Waals surface area contributed by atoms with E-state index in [1.54, 1.807) is 0 Å². The highest BCUT2D eigenvalue weighted by atomic mass is 79.9. The van der Waals surface area contributed by atoms with Crippen LogP contribution in [0.3, 0.4) is 0 Å².